The molecule has 1 aromatic heterocycles. The molecule has 1 aliphatic rings. The Hall–Kier alpha value is -2.50. The van der Waals surface area contributed by atoms with E-state index >= 15 is 0 Å². The molecule has 0 aliphatic carbocycles. The summed E-state index contributed by atoms with van der Waals surface area (Å²) in [6.45, 7) is 6.08. The van der Waals surface area contributed by atoms with E-state index < -0.39 is 0 Å². The molecule has 2 heterocycles. The van der Waals surface area contributed by atoms with E-state index in [0.717, 1.165) is 42.5 Å². The highest BCUT2D eigenvalue weighted by atomic mass is 16.5. The van der Waals surface area contributed by atoms with E-state index in [1.54, 1.807) is 0 Å². The molecular weight excluding hydrogens is 304 g/mol. The number of benzene rings is 1. The van der Waals surface area contributed by atoms with Gasteiger partial charge in [0.15, 0.2) is 11.7 Å². The van der Waals surface area contributed by atoms with Gasteiger partial charge < -0.3 is 19.9 Å². The third kappa shape index (κ3) is 3.88. The van der Waals surface area contributed by atoms with Crippen LogP contribution in [0.2, 0.25) is 0 Å². The molecule has 1 aliphatic heterocycles. The quantitative estimate of drug-likeness (QED) is 0.652. The van der Waals surface area contributed by atoms with Gasteiger partial charge in [0.05, 0.1) is 18.3 Å². The summed E-state index contributed by atoms with van der Waals surface area (Å²) < 4.78 is 11.0. The molecule has 0 fully saturated rings. The Kier molecular flexibility index (Phi) is 5.36. The zero-order valence-corrected chi connectivity index (χ0v) is 14.2. The Morgan fingerprint density at radius 3 is 3.00 bits per heavy atom. The first-order valence-electron chi connectivity index (χ1n) is 8.51. The minimum atomic E-state index is 0.189. The van der Waals surface area contributed by atoms with Crippen LogP contribution in [0.4, 0.5) is 0 Å². The number of aryl methyl sites for hydroxylation is 1. The Balaban J connectivity index is 1.71. The SMILES string of the molecule is CCNC(=NCc1cc(CC)no1)NC1CCOc2ccccc21. The van der Waals surface area contributed by atoms with Crippen molar-refractivity contribution < 1.29 is 9.26 Å². The van der Waals surface area contributed by atoms with E-state index in [9.17, 15) is 0 Å². The zero-order valence-electron chi connectivity index (χ0n) is 14.2. The number of fused-ring (bicyclic) bond motifs is 1. The van der Waals surface area contributed by atoms with Gasteiger partial charge in [0.25, 0.3) is 0 Å². The predicted molar refractivity (Wildman–Crippen MR) is 93.1 cm³/mol. The summed E-state index contributed by atoms with van der Waals surface area (Å²) in [7, 11) is 0. The molecule has 1 unspecified atom stereocenters. The van der Waals surface area contributed by atoms with E-state index in [-0.39, 0.29) is 6.04 Å². The second kappa shape index (κ2) is 7.86. The van der Waals surface area contributed by atoms with Gasteiger partial charge in [-0.15, -0.1) is 0 Å². The highest BCUT2D eigenvalue weighted by molar-refractivity contribution is 5.80. The van der Waals surface area contributed by atoms with Gasteiger partial charge in [-0.2, -0.15) is 0 Å². The molecule has 24 heavy (non-hydrogen) atoms. The number of aliphatic imine (C=N–C) groups is 1. The first-order valence-corrected chi connectivity index (χ1v) is 8.51. The third-order valence-electron chi connectivity index (χ3n) is 3.98. The molecule has 1 atom stereocenters. The summed E-state index contributed by atoms with van der Waals surface area (Å²) in [5.74, 6) is 2.49. The Labute approximate surface area is 142 Å². The molecule has 3 rings (SSSR count). The number of nitrogens with zero attached hydrogens (tertiary/aromatic N) is 2. The van der Waals surface area contributed by atoms with Crippen LogP contribution in [-0.4, -0.2) is 24.3 Å². The van der Waals surface area contributed by atoms with Crippen molar-refractivity contribution in [2.75, 3.05) is 13.2 Å². The van der Waals surface area contributed by atoms with Gasteiger partial charge >= 0.3 is 0 Å². The zero-order chi connectivity index (χ0) is 16.8. The average Bonchev–Trinajstić information content (AvgIpc) is 3.08. The molecule has 128 valence electrons. The standard InChI is InChI=1S/C18H24N4O2/c1-3-13-11-14(24-22-13)12-20-18(19-4-2)21-16-9-10-23-17-8-6-5-7-15(16)17/h5-8,11,16H,3-4,9-10,12H2,1-2H3,(H2,19,20,21). The van der Waals surface area contributed by atoms with Crippen LogP contribution in [0, 0.1) is 0 Å². The lowest BCUT2D eigenvalue weighted by Gasteiger charge is -2.28. The van der Waals surface area contributed by atoms with Gasteiger partial charge in [-0.1, -0.05) is 30.3 Å². The topological polar surface area (TPSA) is 71.7 Å². The number of nitrogens with one attached hydrogen (secondary N) is 2. The van der Waals surface area contributed by atoms with Gasteiger partial charge in [-0.05, 0) is 19.4 Å². The lowest BCUT2D eigenvalue weighted by Crippen LogP contribution is -2.41. The highest BCUT2D eigenvalue weighted by Crippen LogP contribution is 2.31. The summed E-state index contributed by atoms with van der Waals surface area (Å²) in [4.78, 5) is 4.62. The molecule has 6 nitrogen and oxygen atoms in total. The van der Waals surface area contributed by atoms with E-state index in [1.807, 2.05) is 24.3 Å². The van der Waals surface area contributed by atoms with Crippen molar-refractivity contribution in [3.8, 4) is 5.75 Å². The fraction of sp³-hybridized carbons (Fsp3) is 0.444. The molecule has 1 aromatic carbocycles. The molecule has 2 aromatic rings. The molecule has 0 bridgehead atoms. The van der Waals surface area contributed by atoms with Crippen molar-refractivity contribution in [1.29, 1.82) is 0 Å². The monoisotopic (exact) mass is 328 g/mol. The second-order valence-corrected chi connectivity index (χ2v) is 5.71. The van der Waals surface area contributed by atoms with Crippen LogP contribution in [0.25, 0.3) is 0 Å². The predicted octanol–water partition coefficient (Wildman–Crippen LogP) is 2.82. The van der Waals surface area contributed by atoms with E-state index in [0.29, 0.717) is 13.2 Å². The van der Waals surface area contributed by atoms with Gasteiger partial charge in [0, 0.05) is 24.6 Å². The molecule has 0 spiro atoms. The Morgan fingerprint density at radius 2 is 2.21 bits per heavy atom. The lowest BCUT2D eigenvalue weighted by molar-refractivity contribution is 0.261. The number of hydrogen-bond acceptors (Lipinski definition) is 4. The first kappa shape index (κ1) is 16.4. The van der Waals surface area contributed by atoms with E-state index in [1.165, 1.54) is 5.56 Å². The first-order chi connectivity index (χ1) is 11.8. The normalized spacial score (nSPS) is 17.1. The molecular formula is C18H24N4O2. The molecule has 0 saturated carbocycles. The average molecular weight is 328 g/mol. The fourth-order valence-electron chi connectivity index (χ4n) is 2.73. The van der Waals surface area contributed by atoms with E-state index in [4.69, 9.17) is 9.26 Å². The summed E-state index contributed by atoms with van der Waals surface area (Å²) in [5.41, 5.74) is 2.12. The Morgan fingerprint density at radius 1 is 1.33 bits per heavy atom. The highest BCUT2D eigenvalue weighted by Gasteiger charge is 2.21. The molecule has 2 N–H and O–H groups in total. The molecule has 0 amide bonds. The van der Waals surface area contributed by atoms with E-state index in [2.05, 4.69) is 40.7 Å². The maximum atomic E-state index is 5.72. The number of guanidine groups is 1. The minimum absolute atomic E-state index is 0.189. The summed E-state index contributed by atoms with van der Waals surface area (Å²) in [5, 5.41) is 10.8. The summed E-state index contributed by atoms with van der Waals surface area (Å²) >= 11 is 0. The van der Waals surface area contributed by atoms with Crippen LogP contribution < -0.4 is 15.4 Å². The van der Waals surface area contributed by atoms with Crippen LogP contribution in [0.1, 0.15) is 43.3 Å². The van der Waals surface area contributed by atoms with Crippen molar-refractivity contribution in [2.45, 2.75) is 39.3 Å². The smallest absolute Gasteiger partial charge is 0.192 e. The Bertz CT molecular complexity index is 696. The van der Waals surface area contributed by atoms with Crippen molar-refractivity contribution >= 4 is 5.96 Å². The number of rotatable bonds is 5. The van der Waals surface area contributed by atoms with Gasteiger partial charge in [0.2, 0.25) is 0 Å². The van der Waals surface area contributed by atoms with Gasteiger partial charge in [-0.3, -0.25) is 0 Å². The lowest BCUT2D eigenvalue weighted by atomic mass is 10.0. The fourth-order valence-corrected chi connectivity index (χ4v) is 2.73. The van der Waals surface area contributed by atoms with Crippen molar-refractivity contribution in [3.05, 3.63) is 47.3 Å². The largest absolute Gasteiger partial charge is 0.493 e. The van der Waals surface area contributed by atoms with Gasteiger partial charge in [-0.25, -0.2) is 4.99 Å². The number of hydrogen-bond donors (Lipinski definition) is 2. The minimum Gasteiger partial charge on any atom is -0.493 e. The van der Waals surface area contributed by atoms with Gasteiger partial charge in [0.1, 0.15) is 12.3 Å². The van der Waals surface area contributed by atoms with Crippen LogP contribution >= 0.6 is 0 Å². The van der Waals surface area contributed by atoms with Crippen molar-refractivity contribution in [3.63, 3.8) is 0 Å². The van der Waals surface area contributed by atoms with Crippen LogP contribution in [0.5, 0.6) is 5.75 Å². The maximum Gasteiger partial charge on any atom is 0.192 e. The van der Waals surface area contributed by atoms with Crippen molar-refractivity contribution in [1.82, 2.24) is 15.8 Å². The van der Waals surface area contributed by atoms with Crippen LogP contribution in [-0.2, 0) is 13.0 Å². The molecule has 6 heteroatoms. The maximum absolute atomic E-state index is 5.72. The van der Waals surface area contributed by atoms with Crippen LogP contribution in [0.3, 0.4) is 0 Å². The number of ether oxygens (including phenoxy) is 1. The number of para-hydroxylation sites is 1. The summed E-state index contributed by atoms with van der Waals surface area (Å²) in [6, 6.07) is 10.3. The van der Waals surface area contributed by atoms with Crippen molar-refractivity contribution in [2.24, 2.45) is 4.99 Å². The second-order valence-electron chi connectivity index (χ2n) is 5.71. The third-order valence-corrected chi connectivity index (χ3v) is 3.98. The molecule has 0 saturated heterocycles. The summed E-state index contributed by atoms with van der Waals surface area (Å²) in [6.07, 6.45) is 1.77. The molecule has 0 radical (unpaired) electrons. The number of aromatic nitrogens is 1. The van der Waals surface area contributed by atoms with Crippen LogP contribution in [0.15, 0.2) is 39.8 Å².